The molecule has 2 heterocycles. The highest BCUT2D eigenvalue weighted by atomic mass is 16.3. The Balaban J connectivity index is 1.20. The van der Waals surface area contributed by atoms with Gasteiger partial charge in [0.2, 0.25) is 0 Å². The second-order valence-electron chi connectivity index (χ2n) is 9.45. The number of amides is 1. The first-order chi connectivity index (χ1) is 17.7. The van der Waals surface area contributed by atoms with Crippen molar-refractivity contribution in [3.05, 3.63) is 77.7 Å². The van der Waals surface area contributed by atoms with Gasteiger partial charge in [0.15, 0.2) is 17.8 Å². The van der Waals surface area contributed by atoms with E-state index in [1.807, 2.05) is 54.6 Å². The summed E-state index contributed by atoms with van der Waals surface area (Å²) in [6.07, 6.45) is 5.08. The molecule has 7 heteroatoms. The molecule has 1 aliphatic heterocycles. The van der Waals surface area contributed by atoms with Crippen molar-refractivity contribution < 1.29 is 14.0 Å². The second kappa shape index (κ2) is 9.59. The number of rotatable bonds is 7. The Kier molecular flexibility index (Phi) is 5.99. The van der Waals surface area contributed by atoms with Crippen LogP contribution in [0.15, 0.2) is 65.4 Å². The zero-order chi connectivity index (χ0) is 24.5. The van der Waals surface area contributed by atoms with Crippen molar-refractivity contribution in [1.82, 2.24) is 9.88 Å². The first kappa shape index (κ1) is 22.5. The van der Waals surface area contributed by atoms with E-state index in [0.29, 0.717) is 35.2 Å². The van der Waals surface area contributed by atoms with Crippen LogP contribution < -0.4 is 10.6 Å². The van der Waals surface area contributed by atoms with E-state index < -0.39 is 0 Å². The van der Waals surface area contributed by atoms with Gasteiger partial charge in [-0.25, -0.2) is 4.98 Å². The molecule has 1 saturated heterocycles. The minimum Gasteiger partial charge on any atom is -0.443 e. The third kappa shape index (κ3) is 4.27. The van der Waals surface area contributed by atoms with Crippen LogP contribution in [0.1, 0.15) is 45.5 Å². The van der Waals surface area contributed by atoms with Crippen molar-refractivity contribution in [2.45, 2.75) is 25.7 Å². The number of hydrogen-bond acceptors (Lipinski definition) is 6. The molecule has 0 spiro atoms. The summed E-state index contributed by atoms with van der Waals surface area (Å²) in [5.74, 6) is -0.185. The molecule has 0 unspecified atom stereocenters. The first-order valence-electron chi connectivity index (χ1n) is 12.6. The fourth-order valence-electron chi connectivity index (χ4n) is 5.34. The van der Waals surface area contributed by atoms with Crippen molar-refractivity contribution in [2.24, 2.45) is 0 Å². The summed E-state index contributed by atoms with van der Waals surface area (Å²) in [5.41, 5.74) is 6.96. The number of nitrogens with zero attached hydrogens (tertiary/aromatic N) is 2. The molecule has 2 N–H and O–H groups in total. The van der Waals surface area contributed by atoms with E-state index in [-0.39, 0.29) is 11.7 Å². The molecular weight excluding hydrogens is 452 g/mol. The topological polar surface area (TPSA) is 87.5 Å². The Morgan fingerprint density at radius 2 is 1.81 bits per heavy atom. The molecule has 0 saturated carbocycles. The maximum atomic E-state index is 13.0. The molecule has 4 aromatic rings. The van der Waals surface area contributed by atoms with Gasteiger partial charge in [-0.1, -0.05) is 18.2 Å². The Hall–Kier alpha value is -3.97. The smallest absolute Gasteiger partial charge is 0.255 e. The number of likely N-dealkylation sites (tertiary alicyclic amines) is 1. The lowest BCUT2D eigenvalue weighted by Crippen LogP contribution is -2.25. The van der Waals surface area contributed by atoms with Crippen molar-refractivity contribution in [1.29, 1.82) is 0 Å². The molecule has 1 aromatic heterocycles. The molecule has 1 amide bonds. The van der Waals surface area contributed by atoms with Crippen LogP contribution in [0.5, 0.6) is 0 Å². The van der Waals surface area contributed by atoms with Crippen LogP contribution in [0.4, 0.5) is 11.4 Å². The van der Waals surface area contributed by atoms with Gasteiger partial charge in [-0.15, -0.1) is 0 Å². The lowest BCUT2D eigenvalue weighted by Gasteiger charge is -2.16. The number of anilines is 2. The van der Waals surface area contributed by atoms with E-state index in [9.17, 15) is 9.59 Å². The SMILES string of the molecule is O=C(Nc1ccc(-c2cccc3ncoc23)c2c1C(=O)CC2)c1ccc(NCCN2CCCC2)cc1. The van der Waals surface area contributed by atoms with Crippen molar-refractivity contribution in [3.63, 3.8) is 0 Å². The molecular formula is C29H28N4O3. The standard InChI is InChI=1S/C29H28N4O3/c34-26-13-11-22-21(23-4-3-5-25-28(23)36-18-31-25)10-12-24(27(22)26)32-29(35)19-6-8-20(9-7-19)30-14-17-33-15-1-2-16-33/h3-10,12,18,30H,1-2,11,13-17H2,(H,32,35). The van der Waals surface area contributed by atoms with E-state index in [1.54, 1.807) is 0 Å². The number of ketones is 1. The summed E-state index contributed by atoms with van der Waals surface area (Å²) in [4.78, 5) is 32.6. The first-order valence-corrected chi connectivity index (χ1v) is 12.6. The van der Waals surface area contributed by atoms with Crippen molar-refractivity contribution in [3.8, 4) is 11.1 Å². The number of para-hydroxylation sites is 1. The number of hydrogen-bond donors (Lipinski definition) is 2. The molecule has 3 aromatic carbocycles. The molecule has 1 fully saturated rings. The Morgan fingerprint density at radius 3 is 2.64 bits per heavy atom. The molecule has 0 radical (unpaired) electrons. The van der Waals surface area contributed by atoms with Gasteiger partial charge in [-0.3, -0.25) is 9.59 Å². The summed E-state index contributed by atoms with van der Waals surface area (Å²) < 4.78 is 5.63. The van der Waals surface area contributed by atoms with Gasteiger partial charge in [-0.2, -0.15) is 0 Å². The predicted molar refractivity (Wildman–Crippen MR) is 141 cm³/mol. The van der Waals surface area contributed by atoms with Crippen LogP contribution in [-0.4, -0.2) is 47.8 Å². The fraction of sp³-hybridized carbons (Fsp3) is 0.276. The largest absolute Gasteiger partial charge is 0.443 e. The quantitative estimate of drug-likeness (QED) is 0.369. The van der Waals surface area contributed by atoms with Crippen LogP contribution >= 0.6 is 0 Å². The van der Waals surface area contributed by atoms with Crippen molar-refractivity contribution >= 4 is 34.2 Å². The maximum Gasteiger partial charge on any atom is 0.255 e. The number of fused-ring (bicyclic) bond motifs is 2. The van der Waals surface area contributed by atoms with Gasteiger partial charge in [0.05, 0.1) is 5.69 Å². The van der Waals surface area contributed by atoms with Crippen LogP contribution in [0, 0.1) is 0 Å². The van der Waals surface area contributed by atoms with E-state index in [4.69, 9.17) is 4.42 Å². The van der Waals surface area contributed by atoms with Crippen LogP contribution in [0.25, 0.3) is 22.2 Å². The zero-order valence-corrected chi connectivity index (χ0v) is 20.0. The van der Waals surface area contributed by atoms with Crippen LogP contribution in [0.3, 0.4) is 0 Å². The number of oxazole rings is 1. The van der Waals surface area contributed by atoms with Crippen molar-refractivity contribution in [2.75, 3.05) is 36.8 Å². The van der Waals surface area contributed by atoms with Gasteiger partial charge in [0.1, 0.15) is 5.52 Å². The zero-order valence-electron chi connectivity index (χ0n) is 20.0. The normalized spacial score (nSPS) is 15.4. The minimum atomic E-state index is -0.231. The Labute approximate surface area is 209 Å². The summed E-state index contributed by atoms with van der Waals surface area (Å²) in [5, 5.41) is 6.41. The molecule has 6 rings (SSSR count). The van der Waals surface area contributed by atoms with Gasteiger partial charge in [0, 0.05) is 41.9 Å². The van der Waals surface area contributed by atoms with Gasteiger partial charge >= 0.3 is 0 Å². The van der Waals surface area contributed by atoms with E-state index >= 15 is 0 Å². The Morgan fingerprint density at radius 1 is 0.972 bits per heavy atom. The summed E-state index contributed by atoms with van der Waals surface area (Å²) >= 11 is 0. The third-order valence-corrected chi connectivity index (χ3v) is 7.19. The van der Waals surface area contributed by atoms with Gasteiger partial charge in [-0.05, 0) is 79.9 Å². The molecule has 1 aliphatic carbocycles. The fourth-order valence-corrected chi connectivity index (χ4v) is 5.34. The number of aromatic nitrogens is 1. The summed E-state index contributed by atoms with van der Waals surface area (Å²) in [7, 11) is 0. The van der Waals surface area contributed by atoms with Gasteiger partial charge in [0.25, 0.3) is 5.91 Å². The molecule has 36 heavy (non-hydrogen) atoms. The Bertz CT molecular complexity index is 1430. The number of nitrogens with one attached hydrogen (secondary N) is 2. The monoisotopic (exact) mass is 480 g/mol. The highest BCUT2D eigenvalue weighted by Crippen LogP contribution is 2.39. The number of carbonyl (C=O) groups excluding carboxylic acids is 2. The summed E-state index contributed by atoms with van der Waals surface area (Å²) in [6.45, 7) is 4.28. The molecule has 0 bridgehead atoms. The molecule has 182 valence electrons. The van der Waals surface area contributed by atoms with E-state index in [1.165, 1.54) is 32.3 Å². The average Bonchev–Trinajstić information content (AvgIpc) is 3.66. The average molecular weight is 481 g/mol. The third-order valence-electron chi connectivity index (χ3n) is 7.19. The van der Waals surface area contributed by atoms with E-state index in [2.05, 4.69) is 20.5 Å². The molecule has 7 nitrogen and oxygen atoms in total. The maximum absolute atomic E-state index is 13.0. The molecule has 0 atom stereocenters. The number of carbonyl (C=O) groups is 2. The highest BCUT2D eigenvalue weighted by Gasteiger charge is 2.28. The summed E-state index contributed by atoms with van der Waals surface area (Å²) in [6, 6.07) is 17.1. The number of Topliss-reactive ketones (excluding diaryl/α,β-unsaturated/α-hetero) is 1. The lowest BCUT2D eigenvalue weighted by molar-refractivity contribution is 0.0995. The molecule has 2 aliphatic rings. The van der Waals surface area contributed by atoms with E-state index in [0.717, 1.165) is 41.0 Å². The predicted octanol–water partition coefficient (Wildman–Crippen LogP) is 5.38. The lowest BCUT2D eigenvalue weighted by atomic mass is 9.95. The van der Waals surface area contributed by atoms with Crippen LogP contribution in [0.2, 0.25) is 0 Å². The van der Waals surface area contributed by atoms with Crippen LogP contribution in [-0.2, 0) is 6.42 Å². The minimum absolute atomic E-state index is 0.0458. The second-order valence-corrected chi connectivity index (χ2v) is 9.45. The highest BCUT2D eigenvalue weighted by molar-refractivity contribution is 6.13. The van der Waals surface area contributed by atoms with Gasteiger partial charge < -0.3 is 20.0 Å². The number of benzene rings is 3.